The monoisotopic (exact) mass is 370 g/mol. The van der Waals surface area contributed by atoms with Crippen LogP contribution < -0.4 is 5.32 Å². The molecule has 0 saturated carbocycles. The van der Waals surface area contributed by atoms with E-state index in [1.807, 2.05) is 0 Å². The van der Waals surface area contributed by atoms with Gasteiger partial charge in [0.1, 0.15) is 4.90 Å². The zero-order valence-electron chi connectivity index (χ0n) is 12.5. The van der Waals surface area contributed by atoms with E-state index in [4.69, 9.17) is 11.6 Å². The Kier molecular flexibility index (Phi) is 5.60. The molecule has 0 aromatic heterocycles. The molecular formula is C14H18ClF3N2O2S. The van der Waals surface area contributed by atoms with E-state index in [-0.39, 0.29) is 24.0 Å². The van der Waals surface area contributed by atoms with Crippen molar-refractivity contribution in [2.75, 3.05) is 26.7 Å². The third-order valence-electron chi connectivity index (χ3n) is 3.85. The van der Waals surface area contributed by atoms with Crippen molar-refractivity contribution in [2.24, 2.45) is 5.92 Å². The summed E-state index contributed by atoms with van der Waals surface area (Å²) >= 11 is 5.86. The maximum absolute atomic E-state index is 12.8. The number of piperidine rings is 1. The van der Waals surface area contributed by atoms with Crippen molar-refractivity contribution in [1.29, 1.82) is 0 Å². The zero-order chi connectivity index (χ0) is 17.3. The highest BCUT2D eigenvalue weighted by atomic mass is 35.5. The van der Waals surface area contributed by atoms with Crippen LogP contribution in [0.2, 0.25) is 5.02 Å². The Balaban J connectivity index is 2.35. The molecule has 130 valence electrons. The normalized spacial score (nSPS) is 20.7. The van der Waals surface area contributed by atoms with Gasteiger partial charge < -0.3 is 5.32 Å². The summed E-state index contributed by atoms with van der Waals surface area (Å²) < 4.78 is 65.1. The van der Waals surface area contributed by atoms with Crippen LogP contribution in [0.25, 0.3) is 0 Å². The van der Waals surface area contributed by atoms with Gasteiger partial charge in [-0.1, -0.05) is 11.6 Å². The van der Waals surface area contributed by atoms with Crippen LogP contribution in [0.1, 0.15) is 18.4 Å². The van der Waals surface area contributed by atoms with Crippen LogP contribution in [0, 0.1) is 5.92 Å². The third kappa shape index (κ3) is 4.17. The molecule has 1 fully saturated rings. The zero-order valence-corrected chi connectivity index (χ0v) is 14.1. The van der Waals surface area contributed by atoms with Gasteiger partial charge in [0.2, 0.25) is 10.0 Å². The smallest absolute Gasteiger partial charge is 0.319 e. The van der Waals surface area contributed by atoms with E-state index in [9.17, 15) is 21.6 Å². The Morgan fingerprint density at radius 3 is 2.70 bits per heavy atom. The Morgan fingerprint density at radius 2 is 2.09 bits per heavy atom. The molecule has 0 aliphatic carbocycles. The molecule has 2 rings (SSSR count). The van der Waals surface area contributed by atoms with Crippen molar-refractivity contribution in [1.82, 2.24) is 9.62 Å². The number of sulfonamides is 1. The van der Waals surface area contributed by atoms with Gasteiger partial charge in [0, 0.05) is 13.1 Å². The predicted octanol–water partition coefficient (Wildman–Crippen LogP) is 2.98. The first kappa shape index (κ1) is 18.5. The summed E-state index contributed by atoms with van der Waals surface area (Å²) in [5, 5.41) is 2.79. The minimum atomic E-state index is -4.62. The molecule has 1 heterocycles. The van der Waals surface area contributed by atoms with E-state index in [2.05, 4.69) is 5.32 Å². The second kappa shape index (κ2) is 6.96. The maximum atomic E-state index is 12.8. The van der Waals surface area contributed by atoms with Crippen LogP contribution >= 0.6 is 11.6 Å². The van der Waals surface area contributed by atoms with Crippen LogP contribution in [-0.2, 0) is 16.2 Å². The number of halogens is 4. The van der Waals surface area contributed by atoms with Gasteiger partial charge in [-0.05, 0) is 50.6 Å². The number of benzene rings is 1. The number of hydrogen-bond acceptors (Lipinski definition) is 3. The van der Waals surface area contributed by atoms with Gasteiger partial charge in [-0.2, -0.15) is 17.5 Å². The molecular weight excluding hydrogens is 353 g/mol. The van der Waals surface area contributed by atoms with Crippen LogP contribution in [0.3, 0.4) is 0 Å². The van der Waals surface area contributed by atoms with E-state index >= 15 is 0 Å². The van der Waals surface area contributed by atoms with Crippen LogP contribution in [-0.4, -0.2) is 39.4 Å². The van der Waals surface area contributed by atoms with Crippen molar-refractivity contribution < 1.29 is 21.6 Å². The molecule has 1 atom stereocenters. The Hall–Kier alpha value is -0.830. The molecule has 1 N–H and O–H groups in total. The Bertz CT molecular complexity index is 662. The number of hydrogen-bond donors (Lipinski definition) is 1. The van der Waals surface area contributed by atoms with Crippen molar-refractivity contribution in [3.8, 4) is 0 Å². The highest BCUT2D eigenvalue weighted by Gasteiger charge is 2.35. The average molecular weight is 371 g/mol. The number of rotatable bonds is 4. The lowest BCUT2D eigenvalue weighted by molar-refractivity contribution is -0.137. The molecule has 1 aliphatic heterocycles. The summed E-state index contributed by atoms with van der Waals surface area (Å²) in [6.45, 7) is 1.22. The van der Waals surface area contributed by atoms with Crippen LogP contribution in [0.5, 0.6) is 0 Å². The van der Waals surface area contributed by atoms with E-state index in [0.717, 1.165) is 18.6 Å². The highest BCUT2D eigenvalue weighted by Crippen LogP contribution is 2.35. The average Bonchev–Trinajstić information content (AvgIpc) is 2.47. The number of alkyl halides is 3. The lowest BCUT2D eigenvalue weighted by atomic mass is 10.00. The molecule has 0 amide bonds. The Morgan fingerprint density at radius 1 is 1.39 bits per heavy atom. The fraction of sp³-hybridized carbons (Fsp3) is 0.571. The fourth-order valence-corrected chi connectivity index (χ4v) is 4.77. The molecule has 0 bridgehead atoms. The second-order valence-corrected chi connectivity index (χ2v) is 7.89. The van der Waals surface area contributed by atoms with Crippen molar-refractivity contribution in [3.05, 3.63) is 28.8 Å². The summed E-state index contributed by atoms with van der Waals surface area (Å²) in [6, 6.07) is 2.37. The molecule has 9 heteroatoms. The van der Waals surface area contributed by atoms with E-state index < -0.39 is 26.7 Å². The third-order valence-corrected chi connectivity index (χ3v) is 6.20. The number of nitrogens with zero attached hydrogens (tertiary/aromatic N) is 1. The summed E-state index contributed by atoms with van der Waals surface area (Å²) in [6.07, 6.45) is -3.07. The van der Waals surface area contributed by atoms with Gasteiger partial charge in [-0.25, -0.2) is 8.42 Å². The van der Waals surface area contributed by atoms with E-state index in [0.29, 0.717) is 19.0 Å². The van der Waals surface area contributed by atoms with Gasteiger partial charge in [-0.3, -0.25) is 0 Å². The first-order valence-electron chi connectivity index (χ1n) is 7.17. The molecule has 1 saturated heterocycles. The molecule has 1 aromatic carbocycles. The largest absolute Gasteiger partial charge is 0.416 e. The molecule has 1 unspecified atom stereocenters. The summed E-state index contributed by atoms with van der Waals surface area (Å²) in [4.78, 5) is -0.487. The molecule has 1 aliphatic rings. The lowest BCUT2D eigenvalue weighted by Gasteiger charge is -2.32. The van der Waals surface area contributed by atoms with Crippen molar-refractivity contribution in [3.63, 3.8) is 0 Å². The summed E-state index contributed by atoms with van der Waals surface area (Å²) in [5.74, 6) is 0.132. The minimum absolute atomic E-state index is 0.132. The first-order chi connectivity index (χ1) is 10.7. The second-order valence-electron chi connectivity index (χ2n) is 5.57. The molecule has 1 aromatic rings. The fourth-order valence-electron chi connectivity index (χ4n) is 2.72. The van der Waals surface area contributed by atoms with E-state index in [1.54, 1.807) is 7.05 Å². The van der Waals surface area contributed by atoms with Crippen LogP contribution in [0.15, 0.2) is 23.1 Å². The van der Waals surface area contributed by atoms with Crippen molar-refractivity contribution >= 4 is 21.6 Å². The van der Waals surface area contributed by atoms with E-state index in [1.165, 1.54) is 4.31 Å². The predicted molar refractivity (Wildman–Crippen MR) is 81.9 cm³/mol. The summed E-state index contributed by atoms with van der Waals surface area (Å²) in [5.41, 5.74) is -1.02. The molecule has 4 nitrogen and oxygen atoms in total. The van der Waals surface area contributed by atoms with Gasteiger partial charge in [0.25, 0.3) is 0 Å². The number of nitrogens with one attached hydrogen (secondary N) is 1. The van der Waals surface area contributed by atoms with Gasteiger partial charge in [0.15, 0.2) is 0 Å². The topological polar surface area (TPSA) is 49.4 Å². The Labute approximate surface area is 138 Å². The summed E-state index contributed by atoms with van der Waals surface area (Å²) in [7, 11) is -2.28. The standard InChI is InChI=1S/C14H18ClF3N2O2S/c1-19-8-10-3-2-6-20(9-10)23(21,22)13-7-11(14(16,17)18)4-5-12(13)15/h4-5,7,10,19H,2-3,6,8-9H2,1H3. The minimum Gasteiger partial charge on any atom is -0.319 e. The highest BCUT2D eigenvalue weighted by molar-refractivity contribution is 7.89. The van der Waals surface area contributed by atoms with Gasteiger partial charge in [0.05, 0.1) is 10.6 Å². The maximum Gasteiger partial charge on any atom is 0.416 e. The van der Waals surface area contributed by atoms with Gasteiger partial charge >= 0.3 is 6.18 Å². The molecule has 23 heavy (non-hydrogen) atoms. The van der Waals surface area contributed by atoms with Crippen molar-refractivity contribution in [2.45, 2.75) is 23.9 Å². The van der Waals surface area contributed by atoms with Crippen LogP contribution in [0.4, 0.5) is 13.2 Å². The molecule has 0 spiro atoms. The quantitative estimate of drug-likeness (QED) is 0.886. The lowest BCUT2D eigenvalue weighted by Crippen LogP contribution is -2.42. The first-order valence-corrected chi connectivity index (χ1v) is 8.99. The SMILES string of the molecule is CNCC1CCCN(S(=O)(=O)c2cc(C(F)(F)F)ccc2Cl)C1. The van der Waals surface area contributed by atoms with Gasteiger partial charge in [-0.15, -0.1) is 0 Å². The molecule has 0 radical (unpaired) electrons.